The van der Waals surface area contributed by atoms with E-state index in [1.54, 1.807) is 273 Å². The lowest BCUT2D eigenvalue weighted by molar-refractivity contribution is 0.420. The Kier molecular flexibility index (Phi) is 71.1. The Morgan fingerprint density at radius 1 is 0.299 bits per heavy atom. The summed E-state index contributed by atoms with van der Waals surface area (Å²) in [5.74, 6) is 0. The molecule has 35 heteroatoms. The highest BCUT2D eigenvalue weighted by atomic mass is 32.1. The molecule has 25 aromatic rings. The van der Waals surface area contributed by atoms with Crippen LogP contribution < -0.4 is 0 Å². The molecule has 0 saturated heterocycles. The number of benzene rings is 4. The Hall–Kier alpha value is -16.8. The Morgan fingerprint density at radius 2 is 0.873 bits per heavy atom. The van der Waals surface area contributed by atoms with Crippen molar-refractivity contribution in [3.05, 3.63) is 516 Å². The molecule has 0 saturated carbocycles. The zero-order valence-electron chi connectivity index (χ0n) is 70.3. The Morgan fingerprint density at radius 3 is 1.19 bits per heavy atom. The summed E-state index contributed by atoms with van der Waals surface area (Å²) in [6.07, 6.45) is 67.1. The van der Waals surface area contributed by atoms with E-state index in [4.69, 9.17) is 0 Å². The van der Waals surface area contributed by atoms with Gasteiger partial charge < -0.3 is 33.3 Å². The molecule has 0 atom stereocenters. The molecule has 684 valence electrons. The highest BCUT2D eigenvalue weighted by Crippen LogP contribution is 2.25. The Labute approximate surface area is 803 Å². The number of fused-ring (bicyclic) bond motifs is 5. The molecule has 5 N–H and O–H groups in total. The minimum Gasteiger partial charge on any atom is -0.473 e. The summed E-state index contributed by atoms with van der Waals surface area (Å²) in [7, 11) is 0. The maximum Gasteiger partial charge on any atom is 0.180 e. The first-order chi connectivity index (χ1) is 65.3. The molecule has 0 spiro atoms. The number of oxazole rings is 1. The molecule has 0 radical (unpaired) electrons. The van der Waals surface area contributed by atoms with Gasteiger partial charge >= 0.3 is 0 Å². The van der Waals surface area contributed by atoms with Crippen molar-refractivity contribution >= 4 is 121 Å². The van der Waals surface area contributed by atoms with Gasteiger partial charge in [-0.05, 0) is 195 Å². The predicted molar refractivity (Wildman–Crippen MR) is 549 cm³/mol. The van der Waals surface area contributed by atoms with Crippen LogP contribution in [-0.2, 0) is 0 Å². The quantitative estimate of drug-likeness (QED) is 0.0941. The van der Waals surface area contributed by atoms with Gasteiger partial charge in [-0.3, -0.25) is 50.0 Å². The van der Waals surface area contributed by atoms with E-state index in [-0.39, 0.29) is 22.3 Å². The van der Waals surface area contributed by atoms with Crippen molar-refractivity contribution < 1.29 is 13.4 Å². The van der Waals surface area contributed by atoms with E-state index in [1.807, 2.05) is 192 Å². The SMILES string of the molecule is C.C.C.C1=CN=NC1.c1c[nH]cn1.c1cc2sccc2s1.c1cc[nH]c1.c1ccc2[nH]ccc2c1.c1ccc2[nH]cnc2c1.c1ccc2nccnc2c1.c1ccc2sccc2c1.c1ccncc1.c1ccncc1.c1ccoc1.c1ccsc1.c1cn[nH]c1.c1cnccn1.c1cnccn1.c1cncnc1.c1cncnc1.c1cnoc1.c1cnsc1.c1cocn1.c1cscn1. The fourth-order valence-corrected chi connectivity index (χ4v) is 11.9. The van der Waals surface area contributed by atoms with Gasteiger partial charge in [0.2, 0.25) is 0 Å². The van der Waals surface area contributed by atoms with Crippen LogP contribution in [0.1, 0.15) is 22.3 Å². The smallest absolute Gasteiger partial charge is 0.180 e. The number of imidazole rings is 2. The topological polar surface area (TPSA) is 388 Å². The number of pyridine rings is 2. The standard InChI is InChI=1S/C8H6N2.C8H7N.C8H6S.C7H6N2.C6H4S2.2C5H5N.4C4H4N2.C4H5N.C4H4O.C4H4S.3C3H4N2.2C3H3NO.2C3H3NS.3CH4/c1-2-4-8-7(3-1)9-5-6-10-8;2*1-2-4-8-7(3-1)5-6-9-8;1-2-4-7-6(3-1)8-5-9-7;1-3-7-6-2-4-8-5(1)6;2*1-2-4-6-5-3-1;2*1-2-6-4-3-5-1;2*1-2-5-4-6-3-1;3*1-2-4-5-3-1;1-2-5-3-4-1;2*1-2-4-5-3-1;1-2-5-3-4-1;1-2-4-5-3-1;1-2-5-3-4-1;1-2-4-5-3-1;;;/h1-6H;1-6,9H;1-6H;1-5H,(H,8,9);1-4H;2*1-5H;4*1-4H;1-5H;2*1-4H;1-3H,(H,4,5);1-2H,3H2;1-3H,(H,4,5);4*1-3H;3*1H4. The average molecular weight is 1900 g/mol. The summed E-state index contributed by atoms with van der Waals surface area (Å²) in [6, 6.07) is 72.9. The van der Waals surface area contributed by atoms with Gasteiger partial charge in [-0.15, -0.1) is 45.3 Å². The van der Waals surface area contributed by atoms with Crippen molar-refractivity contribution in [1.29, 1.82) is 0 Å². The van der Waals surface area contributed by atoms with Crippen LogP contribution in [-0.4, -0.2) is 126 Å². The van der Waals surface area contributed by atoms with Crippen molar-refractivity contribution in [2.24, 2.45) is 10.2 Å². The number of rotatable bonds is 0. The Balaban J connectivity index is 0.000000363. The first-order valence-electron chi connectivity index (χ1n) is 38.9. The maximum atomic E-state index is 4.58. The molecule has 29 nitrogen and oxygen atoms in total. The largest absolute Gasteiger partial charge is 0.473 e. The summed E-state index contributed by atoms with van der Waals surface area (Å²) in [5.41, 5.74) is 7.02. The van der Waals surface area contributed by atoms with Crippen molar-refractivity contribution in [2.45, 2.75) is 22.3 Å². The molecular formula is C99H104N26O3S6. The third-order valence-corrected chi connectivity index (χ3v) is 18.1. The number of azo groups is 1. The number of nitrogens with zero attached hydrogens (tertiary/aromatic N) is 21. The van der Waals surface area contributed by atoms with E-state index >= 15 is 0 Å². The molecule has 0 amide bonds. The molecule has 4 aromatic carbocycles. The van der Waals surface area contributed by atoms with E-state index in [0.29, 0.717) is 0 Å². The van der Waals surface area contributed by atoms with Gasteiger partial charge in [0, 0.05) is 204 Å². The predicted octanol–water partition coefficient (Wildman–Crippen LogP) is 26.7. The average Bonchev–Trinajstić information content (AvgIpc) is 1.79. The number of H-pyrrole nitrogens is 5. The van der Waals surface area contributed by atoms with E-state index in [0.717, 1.165) is 28.6 Å². The van der Waals surface area contributed by atoms with Gasteiger partial charge in [0.1, 0.15) is 25.2 Å². The van der Waals surface area contributed by atoms with Crippen LogP contribution in [0.5, 0.6) is 0 Å². The number of para-hydroxylation sites is 5. The number of hydrogen-bond donors (Lipinski definition) is 5. The molecular weight excluding hydrogens is 1790 g/mol. The first-order valence-corrected chi connectivity index (χ1v) is 44.3. The van der Waals surface area contributed by atoms with Crippen molar-refractivity contribution in [3.8, 4) is 0 Å². The van der Waals surface area contributed by atoms with Crippen LogP contribution in [0.2, 0.25) is 0 Å². The summed E-state index contributed by atoms with van der Waals surface area (Å²) < 4.78 is 21.3. The lowest BCUT2D eigenvalue weighted by atomic mass is 10.3. The molecule has 26 rings (SSSR count). The number of thiophene rings is 4. The van der Waals surface area contributed by atoms with E-state index in [1.165, 1.54) is 73.5 Å². The Bertz CT molecular complexity index is 5000. The van der Waals surface area contributed by atoms with Gasteiger partial charge in [0.25, 0.3) is 0 Å². The summed E-state index contributed by atoms with van der Waals surface area (Å²) in [6.45, 7) is 0.778. The second kappa shape index (κ2) is 85.6. The fraction of sp³-hybridized carbons (Fsp3) is 0.0404. The van der Waals surface area contributed by atoms with Crippen molar-refractivity contribution in [3.63, 3.8) is 0 Å². The van der Waals surface area contributed by atoms with Gasteiger partial charge in [-0.1, -0.05) is 112 Å². The second-order valence-electron chi connectivity index (χ2n) is 22.8. The van der Waals surface area contributed by atoms with Crippen LogP contribution in [0, 0.1) is 0 Å². The van der Waals surface area contributed by atoms with Gasteiger partial charge in [0.15, 0.2) is 6.39 Å². The zero-order chi connectivity index (χ0) is 91.3. The van der Waals surface area contributed by atoms with Crippen LogP contribution in [0.15, 0.2) is 540 Å². The molecule has 1 aliphatic heterocycles. The third-order valence-electron chi connectivity index (χ3n) is 13.6. The molecule has 134 heavy (non-hydrogen) atoms. The number of aromatic nitrogens is 24. The normalized spacial score (nSPS) is 8.93. The van der Waals surface area contributed by atoms with E-state index < -0.39 is 0 Å². The summed E-state index contributed by atoms with van der Waals surface area (Å²) in [4.78, 5) is 72.2. The summed E-state index contributed by atoms with van der Waals surface area (Å²) >= 11 is 10.2. The number of thiazole rings is 1. The number of furan rings is 1. The van der Waals surface area contributed by atoms with Crippen molar-refractivity contribution in [1.82, 2.24) is 119 Å². The molecule has 0 aliphatic carbocycles. The van der Waals surface area contributed by atoms with E-state index in [2.05, 4.69) is 220 Å². The number of hydrogen-bond acceptors (Lipinski definition) is 30. The molecule has 1 aliphatic rings. The van der Waals surface area contributed by atoms with Gasteiger partial charge in [-0.2, -0.15) is 26.7 Å². The highest BCUT2D eigenvalue weighted by molar-refractivity contribution is 7.25. The highest BCUT2D eigenvalue weighted by Gasteiger charge is 1.93. The van der Waals surface area contributed by atoms with E-state index in [9.17, 15) is 0 Å². The molecule has 0 unspecified atom stereocenters. The van der Waals surface area contributed by atoms with Crippen LogP contribution >= 0.6 is 68.2 Å². The van der Waals surface area contributed by atoms with Crippen LogP contribution in [0.3, 0.4) is 0 Å². The lowest BCUT2D eigenvalue weighted by Crippen LogP contribution is -1.78. The monoisotopic (exact) mass is 1900 g/mol. The fourth-order valence-electron chi connectivity index (χ4n) is 8.13. The molecule has 0 fully saturated rings. The molecule has 0 bridgehead atoms. The lowest BCUT2D eigenvalue weighted by Gasteiger charge is -1.90. The van der Waals surface area contributed by atoms with Crippen LogP contribution in [0.4, 0.5) is 0 Å². The third kappa shape index (κ3) is 63.2. The summed E-state index contributed by atoms with van der Waals surface area (Å²) in [5, 5.41) is 33.6. The minimum atomic E-state index is 0. The maximum absolute atomic E-state index is 4.58. The van der Waals surface area contributed by atoms with Gasteiger partial charge in [-0.25, -0.2) is 39.3 Å². The van der Waals surface area contributed by atoms with Gasteiger partial charge in [0.05, 0.1) is 71.7 Å². The number of aromatic amines is 5. The van der Waals surface area contributed by atoms with Crippen molar-refractivity contribution in [2.75, 3.05) is 6.54 Å². The second-order valence-corrected chi connectivity index (χ2v) is 27.9. The molecule has 21 aromatic heterocycles. The molecule has 22 heterocycles. The number of nitrogens with one attached hydrogen (secondary N) is 5. The van der Waals surface area contributed by atoms with Crippen LogP contribution in [0.25, 0.3) is 52.5 Å². The minimum absolute atomic E-state index is 0. The first kappa shape index (κ1) is 111. The zero-order valence-corrected chi connectivity index (χ0v) is 75.2.